The Morgan fingerprint density at radius 1 is 1.19 bits per heavy atom. The van der Waals surface area contributed by atoms with E-state index in [0.717, 1.165) is 0 Å². The lowest BCUT2D eigenvalue weighted by Crippen LogP contribution is -2.30. The van der Waals surface area contributed by atoms with E-state index < -0.39 is 11.9 Å². The molecule has 0 spiro atoms. The van der Waals surface area contributed by atoms with E-state index in [2.05, 4.69) is 15.9 Å². The molecule has 0 aliphatic heterocycles. The molecule has 2 aromatic carbocycles. The maximum atomic E-state index is 13.8. The number of nitrogens with zero attached hydrogens (tertiary/aromatic N) is 1. The van der Waals surface area contributed by atoms with E-state index in [9.17, 15) is 13.6 Å². The van der Waals surface area contributed by atoms with Crippen LogP contribution in [0.15, 0.2) is 46.9 Å². The predicted molar refractivity (Wildman–Crippen MR) is 81.0 cm³/mol. The Bertz CT molecular complexity index is 675. The Morgan fingerprint density at radius 2 is 1.86 bits per heavy atom. The minimum Gasteiger partial charge on any atom is -0.335 e. The third-order valence-electron chi connectivity index (χ3n) is 3.42. The molecule has 0 aliphatic carbocycles. The van der Waals surface area contributed by atoms with E-state index in [1.54, 1.807) is 32.2 Å². The van der Waals surface area contributed by atoms with Crippen molar-refractivity contribution in [3.05, 3.63) is 69.7 Å². The van der Waals surface area contributed by atoms with Gasteiger partial charge in [0.2, 0.25) is 0 Å². The minimum atomic E-state index is -0.435. The maximum absolute atomic E-state index is 13.8. The van der Waals surface area contributed by atoms with Crippen LogP contribution in [-0.4, -0.2) is 17.9 Å². The van der Waals surface area contributed by atoms with Crippen LogP contribution in [0.2, 0.25) is 0 Å². The molecule has 2 nitrogen and oxygen atoms in total. The van der Waals surface area contributed by atoms with E-state index in [0.29, 0.717) is 15.6 Å². The van der Waals surface area contributed by atoms with Crippen LogP contribution >= 0.6 is 15.9 Å². The van der Waals surface area contributed by atoms with Crippen LogP contribution in [0.5, 0.6) is 0 Å². The molecule has 0 saturated heterocycles. The summed E-state index contributed by atoms with van der Waals surface area (Å²) in [6, 6.07) is 9.75. The van der Waals surface area contributed by atoms with Crippen molar-refractivity contribution >= 4 is 21.8 Å². The molecule has 0 aromatic heterocycles. The van der Waals surface area contributed by atoms with Gasteiger partial charge < -0.3 is 4.90 Å². The molecular weight excluding hydrogens is 340 g/mol. The lowest BCUT2D eigenvalue weighted by molar-refractivity contribution is 0.0739. The molecule has 0 aliphatic rings. The van der Waals surface area contributed by atoms with Crippen LogP contribution in [0.1, 0.15) is 28.9 Å². The number of carbonyl (C=O) groups excluding carboxylic acids is 1. The summed E-state index contributed by atoms with van der Waals surface area (Å²) < 4.78 is 27.3. The minimum absolute atomic E-state index is 0.308. The van der Waals surface area contributed by atoms with Crippen LogP contribution in [0, 0.1) is 11.6 Å². The number of hydrogen-bond donors (Lipinski definition) is 0. The lowest BCUT2D eigenvalue weighted by Gasteiger charge is -2.26. The van der Waals surface area contributed by atoms with Crippen LogP contribution < -0.4 is 0 Å². The van der Waals surface area contributed by atoms with Crippen molar-refractivity contribution in [2.75, 3.05) is 7.05 Å². The van der Waals surface area contributed by atoms with Gasteiger partial charge in [0.05, 0.1) is 11.6 Å². The SMILES string of the molecule is CC(c1ccccc1F)N(C)C(=O)c1ccc(F)cc1Br. The summed E-state index contributed by atoms with van der Waals surface area (Å²) in [4.78, 5) is 13.9. The van der Waals surface area contributed by atoms with Gasteiger partial charge in [0.1, 0.15) is 11.6 Å². The van der Waals surface area contributed by atoms with Gasteiger partial charge in [0.15, 0.2) is 0 Å². The first-order valence-electron chi connectivity index (χ1n) is 6.38. The molecule has 0 N–H and O–H groups in total. The topological polar surface area (TPSA) is 20.3 Å². The second kappa shape index (κ2) is 6.35. The number of carbonyl (C=O) groups is 1. The molecule has 1 atom stereocenters. The summed E-state index contributed by atoms with van der Waals surface area (Å²) in [6.07, 6.45) is 0. The highest BCUT2D eigenvalue weighted by atomic mass is 79.9. The first kappa shape index (κ1) is 15.6. The van der Waals surface area contributed by atoms with E-state index in [1.165, 1.54) is 29.2 Å². The van der Waals surface area contributed by atoms with Crippen molar-refractivity contribution in [3.63, 3.8) is 0 Å². The summed E-state index contributed by atoms with van der Waals surface area (Å²) in [6.45, 7) is 1.74. The van der Waals surface area contributed by atoms with Crippen LogP contribution in [0.3, 0.4) is 0 Å². The molecule has 2 rings (SSSR count). The highest BCUT2D eigenvalue weighted by Crippen LogP contribution is 2.26. The van der Waals surface area contributed by atoms with Gasteiger partial charge in [-0.25, -0.2) is 8.78 Å². The van der Waals surface area contributed by atoms with Crippen LogP contribution in [0.25, 0.3) is 0 Å². The molecular formula is C16H14BrF2NO. The first-order valence-corrected chi connectivity index (χ1v) is 7.17. The number of hydrogen-bond acceptors (Lipinski definition) is 1. The van der Waals surface area contributed by atoms with Crippen LogP contribution in [-0.2, 0) is 0 Å². The molecule has 2 aromatic rings. The van der Waals surface area contributed by atoms with Gasteiger partial charge in [-0.15, -0.1) is 0 Å². The van der Waals surface area contributed by atoms with Gasteiger partial charge in [0.25, 0.3) is 5.91 Å². The van der Waals surface area contributed by atoms with Gasteiger partial charge in [-0.2, -0.15) is 0 Å². The third-order valence-corrected chi connectivity index (χ3v) is 4.07. The zero-order chi connectivity index (χ0) is 15.6. The second-order valence-electron chi connectivity index (χ2n) is 4.74. The maximum Gasteiger partial charge on any atom is 0.255 e. The summed E-state index contributed by atoms with van der Waals surface area (Å²) in [5.74, 6) is -1.09. The summed E-state index contributed by atoms with van der Waals surface area (Å²) >= 11 is 3.17. The fourth-order valence-electron chi connectivity index (χ4n) is 2.05. The van der Waals surface area contributed by atoms with E-state index in [1.807, 2.05) is 0 Å². The molecule has 1 unspecified atom stereocenters. The molecule has 0 bridgehead atoms. The van der Waals surface area contributed by atoms with E-state index in [-0.39, 0.29) is 11.7 Å². The highest BCUT2D eigenvalue weighted by Gasteiger charge is 2.22. The second-order valence-corrected chi connectivity index (χ2v) is 5.59. The Balaban J connectivity index is 2.29. The summed E-state index contributed by atoms with van der Waals surface area (Å²) in [7, 11) is 1.59. The molecule has 0 fully saturated rings. The van der Waals surface area contributed by atoms with Gasteiger partial charge in [-0.05, 0) is 47.1 Å². The molecule has 0 saturated carbocycles. The molecule has 21 heavy (non-hydrogen) atoms. The van der Waals surface area contributed by atoms with Crippen molar-refractivity contribution < 1.29 is 13.6 Å². The fourth-order valence-corrected chi connectivity index (χ4v) is 2.57. The Morgan fingerprint density at radius 3 is 2.48 bits per heavy atom. The van der Waals surface area contributed by atoms with Gasteiger partial charge in [0, 0.05) is 17.1 Å². The molecule has 0 radical (unpaired) electrons. The number of amides is 1. The van der Waals surface area contributed by atoms with Gasteiger partial charge in [-0.1, -0.05) is 18.2 Å². The Labute approximate surface area is 130 Å². The molecule has 1 amide bonds. The third kappa shape index (κ3) is 3.29. The zero-order valence-electron chi connectivity index (χ0n) is 11.6. The van der Waals surface area contributed by atoms with Gasteiger partial charge >= 0.3 is 0 Å². The van der Waals surface area contributed by atoms with Crippen molar-refractivity contribution in [1.29, 1.82) is 0 Å². The van der Waals surface area contributed by atoms with Crippen molar-refractivity contribution in [3.8, 4) is 0 Å². The normalized spacial score (nSPS) is 12.0. The monoisotopic (exact) mass is 353 g/mol. The number of rotatable bonds is 3. The molecule has 110 valence electrons. The average Bonchev–Trinajstić information content (AvgIpc) is 2.45. The Hall–Kier alpha value is -1.75. The van der Waals surface area contributed by atoms with E-state index in [4.69, 9.17) is 0 Å². The largest absolute Gasteiger partial charge is 0.335 e. The molecule has 5 heteroatoms. The predicted octanol–water partition coefficient (Wildman–Crippen LogP) is 4.56. The van der Waals surface area contributed by atoms with Gasteiger partial charge in [-0.3, -0.25) is 4.79 Å². The Kier molecular flexibility index (Phi) is 4.73. The standard InChI is InChI=1S/C16H14BrF2NO/c1-10(12-5-3-4-6-15(12)19)20(2)16(21)13-8-7-11(18)9-14(13)17/h3-10H,1-2H3. The highest BCUT2D eigenvalue weighted by molar-refractivity contribution is 9.10. The smallest absolute Gasteiger partial charge is 0.255 e. The zero-order valence-corrected chi connectivity index (χ0v) is 13.2. The van der Waals surface area contributed by atoms with Crippen molar-refractivity contribution in [2.24, 2.45) is 0 Å². The first-order chi connectivity index (χ1) is 9.91. The fraction of sp³-hybridized carbons (Fsp3) is 0.188. The van der Waals surface area contributed by atoms with Crippen molar-refractivity contribution in [2.45, 2.75) is 13.0 Å². The van der Waals surface area contributed by atoms with Crippen LogP contribution in [0.4, 0.5) is 8.78 Å². The quantitative estimate of drug-likeness (QED) is 0.791. The summed E-state index contributed by atoms with van der Waals surface area (Å²) in [5.41, 5.74) is 0.772. The summed E-state index contributed by atoms with van der Waals surface area (Å²) in [5, 5.41) is 0. The average molecular weight is 354 g/mol. The van der Waals surface area contributed by atoms with Crippen molar-refractivity contribution in [1.82, 2.24) is 4.90 Å². The number of halogens is 3. The number of benzene rings is 2. The molecule has 0 heterocycles. The van der Waals surface area contributed by atoms with E-state index >= 15 is 0 Å². The lowest BCUT2D eigenvalue weighted by atomic mass is 10.1.